The molecule has 6 atom stereocenters. The smallest absolute Gasteiger partial charge is 0.432 e. The van der Waals surface area contributed by atoms with Gasteiger partial charge in [-0.2, -0.15) is 0 Å². The number of rotatable bonds is 16. The second-order valence-corrected chi connectivity index (χ2v) is 15.0. The van der Waals surface area contributed by atoms with Crippen molar-refractivity contribution in [2.75, 3.05) is 7.11 Å². The third-order valence-corrected chi connectivity index (χ3v) is 9.51. The number of ether oxygens (including phenoxy) is 1. The van der Waals surface area contributed by atoms with Gasteiger partial charge in [0.2, 0.25) is 12.2 Å². The number of phenols is 1. The number of hydrogen-bond donors (Lipinski definition) is 5. The van der Waals surface area contributed by atoms with E-state index in [2.05, 4.69) is 18.8 Å². The van der Waals surface area contributed by atoms with Crippen LogP contribution in [0.2, 0.25) is 0 Å². The lowest BCUT2D eigenvalue weighted by Crippen LogP contribution is -2.59. The van der Waals surface area contributed by atoms with E-state index >= 15 is 0 Å². The van der Waals surface area contributed by atoms with E-state index in [0.29, 0.717) is 30.0 Å². The van der Waals surface area contributed by atoms with E-state index in [-0.39, 0.29) is 36.8 Å². The number of benzene rings is 1. The molecule has 0 saturated heterocycles. The van der Waals surface area contributed by atoms with Gasteiger partial charge in [0.15, 0.2) is 0 Å². The fourth-order valence-corrected chi connectivity index (χ4v) is 7.08. The number of carbonyl (C=O) groups excluding carboxylic acids is 3. The fraction of sp³-hybridized carbons (Fsp3) is 0.667. The highest BCUT2D eigenvalue weighted by Gasteiger charge is 2.48. The molecular formula is C36H59N6O6+. The van der Waals surface area contributed by atoms with Crippen LogP contribution in [0.15, 0.2) is 41.2 Å². The Hall–Kier alpha value is -3.16. The highest BCUT2D eigenvalue weighted by atomic mass is 16.5. The normalized spacial score (nSPS) is 21.8. The average molecular weight is 672 g/mol. The number of urea groups is 1. The number of phenolic OH excluding ortho intramolecular Hbond substituents is 1. The summed E-state index contributed by atoms with van der Waals surface area (Å²) in [5.74, 6) is -0.151. The van der Waals surface area contributed by atoms with Crippen LogP contribution < -0.4 is 17.2 Å². The number of aromatic hydroxyl groups is 1. The second-order valence-electron chi connectivity index (χ2n) is 15.0. The summed E-state index contributed by atoms with van der Waals surface area (Å²) in [5, 5.41) is 21.6. The van der Waals surface area contributed by atoms with Crippen LogP contribution in [-0.4, -0.2) is 86.8 Å². The summed E-state index contributed by atoms with van der Waals surface area (Å²) in [6, 6.07) is 3.22. The molecule has 1 fully saturated rings. The van der Waals surface area contributed by atoms with Crippen molar-refractivity contribution in [2.45, 2.75) is 135 Å². The Morgan fingerprint density at radius 1 is 1.08 bits per heavy atom. The zero-order valence-electron chi connectivity index (χ0n) is 29.7. The van der Waals surface area contributed by atoms with E-state index in [4.69, 9.17) is 21.9 Å². The van der Waals surface area contributed by atoms with Crippen molar-refractivity contribution in [2.24, 2.45) is 34.0 Å². The summed E-state index contributed by atoms with van der Waals surface area (Å²) in [5.41, 5.74) is 18.8. The van der Waals surface area contributed by atoms with Crippen LogP contribution >= 0.6 is 0 Å². The van der Waals surface area contributed by atoms with Crippen molar-refractivity contribution in [3.63, 3.8) is 0 Å². The summed E-state index contributed by atoms with van der Waals surface area (Å²) in [6.45, 7) is 9.63. The van der Waals surface area contributed by atoms with E-state index in [0.717, 1.165) is 25.7 Å². The SMILES string of the molecule is CO[C@@H](CC(C)C)[C@H](O)[C@H](CC1CCCCC1)N(C(=O)CC(C)(C)N)[C@H](C)CC1=C[N+](C(N)=O)(C(=O)[C@@H](N)Cc2ccc(O)cc2)C=N1. The minimum Gasteiger partial charge on any atom is -0.508 e. The Morgan fingerprint density at radius 3 is 2.25 bits per heavy atom. The zero-order valence-corrected chi connectivity index (χ0v) is 29.7. The maximum Gasteiger partial charge on any atom is 0.432 e. The van der Waals surface area contributed by atoms with Gasteiger partial charge in [-0.1, -0.05) is 58.1 Å². The molecular weight excluding hydrogens is 612 g/mol. The van der Waals surface area contributed by atoms with Gasteiger partial charge in [-0.05, 0) is 63.1 Å². The Labute approximate surface area is 286 Å². The fourth-order valence-electron chi connectivity index (χ4n) is 7.08. The Kier molecular flexibility index (Phi) is 13.9. The monoisotopic (exact) mass is 671 g/mol. The van der Waals surface area contributed by atoms with Crippen molar-refractivity contribution in [3.05, 3.63) is 41.7 Å². The van der Waals surface area contributed by atoms with Crippen molar-refractivity contribution >= 4 is 24.2 Å². The highest BCUT2D eigenvalue weighted by molar-refractivity contribution is 5.95. The topological polar surface area (TPSA) is 195 Å². The van der Waals surface area contributed by atoms with Crippen LogP contribution in [-0.2, 0) is 20.7 Å². The molecule has 3 rings (SSSR count). The van der Waals surface area contributed by atoms with Crippen molar-refractivity contribution < 1.29 is 33.8 Å². The lowest BCUT2D eigenvalue weighted by Gasteiger charge is -2.44. The number of aliphatic hydroxyl groups is 1. The van der Waals surface area contributed by atoms with Crippen LogP contribution in [0.1, 0.15) is 98.0 Å². The molecule has 268 valence electrons. The Morgan fingerprint density at radius 2 is 1.71 bits per heavy atom. The number of quaternary nitrogens is 1. The third kappa shape index (κ3) is 10.4. The quantitative estimate of drug-likeness (QED) is 0.162. The number of carbonyl (C=O) groups is 3. The molecule has 48 heavy (non-hydrogen) atoms. The molecule has 1 aromatic rings. The van der Waals surface area contributed by atoms with Crippen molar-refractivity contribution in [1.29, 1.82) is 0 Å². The van der Waals surface area contributed by atoms with Crippen LogP contribution in [0.5, 0.6) is 5.75 Å². The standard InChI is InChI=1S/C36H58N6O6/c1-23(2)16-31(48-6)33(45)30(19-25-10-8-7-9-11-25)41(32(44)20-36(4,5)39)24(3)17-27-21-42(22-40-27,35(38)47)34(46)29(37)18-26-12-14-28(43)15-13-26/h12-15,21-25,29-31,33,45H,7-11,16-20,37,39H2,1-6H3,(H2-,38,43,47)/p+1/t24-,29+,30+,31+,33-,42?/m1/s1. The molecule has 0 radical (unpaired) electrons. The molecule has 1 aliphatic carbocycles. The van der Waals surface area contributed by atoms with Crippen molar-refractivity contribution in [1.82, 2.24) is 4.90 Å². The summed E-state index contributed by atoms with van der Waals surface area (Å²) >= 11 is 0. The summed E-state index contributed by atoms with van der Waals surface area (Å²) < 4.78 is 4.84. The molecule has 1 aromatic carbocycles. The predicted octanol–water partition coefficient (Wildman–Crippen LogP) is 4.06. The maximum absolute atomic E-state index is 14.2. The lowest BCUT2D eigenvalue weighted by molar-refractivity contribution is -0.606. The van der Waals surface area contributed by atoms with Gasteiger partial charge < -0.3 is 37.1 Å². The Balaban J connectivity index is 1.96. The molecule has 12 heteroatoms. The minimum atomic E-state index is -1.09. The predicted molar refractivity (Wildman–Crippen MR) is 186 cm³/mol. The van der Waals surface area contributed by atoms with E-state index in [1.165, 1.54) is 31.1 Å². The first-order valence-electron chi connectivity index (χ1n) is 17.3. The van der Waals surface area contributed by atoms with E-state index in [1.807, 2.05) is 6.92 Å². The number of nitrogens with zero attached hydrogens (tertiary/aromatic N) is 3. The molecule has 1 aliphatic heterocycles. The molecule has 2 aliphatic rings. The number of primary amides is 1. The van der Waals surface area contributed by atoms with Crippen LogP contribution in [0.3, 0.4) is 0 Å². The van der Waals surface area contributed by atoms with Gasteiger partial charge in [0, 0.05) is 38.0 Å². The molecule has 1 unspecified atom stereocenters. The summed E-state index contributed by atoms with van der Waals surface area (Å²) in [7, 11) is 1.59. The largest absolute Gasteiger partial charge is 0.508 e. The number of amides is 4. The van der Waals surface area contributed by atoms with Gasteiger partial charge in [0.25, 0.3) is 0 Å². The molecule has 1 saturated carbocycles. The second kappa shape index (κ2) is 17.0. The van der Waals surface area contributed by atoms with Gasteiger partial charge in [0.1, 0.15) is 29.8 Å². The minimum absolute atomic E-state index is 0.0568. The third-order valence-electron chi connectivity index (χ3n) is 9.51. The molecule has 0 bridgehead atoms. The number of nitrogens with two attached hydrogens (primary N) is 3. The van der Waals surface area contributed by atoms with E-state index < -0.39 is 52.3 Å². The highest BCUT2D eigenvalue weighted by Crippen LogP contribution is 2.34. The molecule has 1 heterocycles. The lowest BCUT2D eigenvalue weighted by atomic mass is 9.81. The molecule has 0 spiro atoms. The molecule has 8 N–H and O–H groups in total. The zero-order chi connectivity index (χ0) is 35.8. The van der Waals surface area contributed by atoms with Gasteiger partial charge >= 0.3 is 11.9 Å². The van der Waals surface area contributed by atoms with Gasteiger partial charge in [-0.25, -0.2) is 14.6 Å². The first-order valence-corrected chi connectivity index (χ1v) is 17.3. The first kappa shape index (κ1) is 39.3. The van der Waals surface area contributed by atoms with Gasteiger partial charge in [-0.15, -0.1) is 4.48 Å². The first-order chi connectivity index (χ1) is 22.5. The van der Waals surface area contributed by atoms with E-state index in [1.54, 1.807) is 38.0 Å². The summed E-state index contributed by atoms with van der Waals surface area (Å²) in [6.07, 6.45) is 8.24. The number of aliphatic hydroxyl groups excluding tert-OH is 1. The average Bonchev–Trinajstić information content (AvgIpc) is 3.44. The van der Waals surface area contributed by atoms with Crippen LogP contribution in [0, 0.1) is 11.8 Å². The van der Waals surface area contributed by atoms with Crippen molar-refractivity contribution in [3.8, 4) is 5.75 Å². The number of imide groups is 1. The summed E-state index contributed by atoms with van der Waals surface area (Å²) in [4.78, 5) is 46.9. The maximum atomic E-state index is 14.2. The van der Waals surface area contributed by atoms with E-state index in [9.17, 15) is 24.6 Å². The molecule has 0 aromatic heterocycles. The van der Waals surface area contributed by atoms with Gasteiger partial charge in [0.05, 0.1) is 12.1 Å². The number of aliphatic imine (C=N–C) groups is 1. The number of methoxy groups -OCH3 is 1. The molecule has 12 nitrogen and oxygen atoms in total. The Bertz CT molecular complexity index is 1300. The molecule has 4 amide bonds. The van der Waals surface area contributed by atoms with Gasteiger partial charge in [-0.3, -0.25) is 4.79 Å². The van der Waals surface area contributed by atoms with Crippen LogP contribution in [0.25, 0.3) is 0 Å². The van der Waals surface area contributed by atoms with Crippen LogP contribution in [0.4, 0.5) is 4.79 Å². The number of hydrogen-bond acceptors (Lipinski definition) is 9.